The molecular weight excluding hydrogens is 316 g/mol. The quantitative estimate of drug-likeness (QED) is 0.345. The second kappa shape index (κ2) is 12.3. The van der Waals surface area contributed by atoms with E-state index in [1.54, 1.807) is 7.11 Å². The number of amides is 1. The van der Waals surface area contributed by atoms with Gasteiger partial charge < -0.3 is 20.7 Å². The molecular formula is C19H32N4O2. The van der Waals surface area contributed by atoms with Gasteiger partial charge in [-0.25, -0.2) is 4.99 Å². The summed E-state index contributed by atoms with van der Waals surface area (Å²) in [6.07, 6.45) is 1.76. The molecule has 1 amide bonds. The highest BCUT2D eigenvalue weighted by Crippen LogP contribution is 2.13. The summed E-state index contributed by atoms with van der Waals surface area (Å²) in [5, 5.41) is 9.47. The average Bonchev–Trinajstić information content (AvgIpc) is 2.62. The highest BCUT2D eigenvalue weighted by atomic mass is 16.5. The number of hydrogen-bond donors (Lipinski definition) is 3. The Labute approximate surface area is 151 Å². The van der Waals surface area contributed by atoms with Gasteiger partial charge in [-0.1, -0.05) is 26.0 Å². The molecule has 1 rings (SSSR count). The van der Waals surface area contributed by atoms with E-state index in [1.807, 2.05) is 45.0 Å². The number of rotatable bonds is 10. The molecule has 6 heteroatoms. The van der Waals surface area contributed by atoms with Gasteiger partial charge in [0.1, 0.15) is 0 Å². The predicted octanol–water partition coefficient (Wildman–Crippen LogP) is 2.76. The standard InChI is InChI=1S/C19H32N4O2/c1-5-15(3)18(24)23-17-10-7-9-16(13-17)14-22-19(20-6-2)21-11-8-12-25-4/h7,9-10,13,15H,5-6,8,11-12,14H2,1-4H3,(H,23,24)(H2,20,21,22). The zero-order chi connectivity index (χ0) is 18.5. The van der Waals surface area contributed by atoms with E-state index < -0.39 is 0 Å². The first-order valence-electron chi connectivity index (χ1n) is 9.01. The maximum Gasteiger partial charge on any atom is 0.227 e. The van der Waals surface area contributed by atoms with E-state index in [4.69, 9.17) is 4.74 Å². The molecule has 0 fully saturated rings. The Morgan fingerprint density at radius 3 is 2.76 bits per heavy atom. The molecule has 1 aromatic rings. The number of nitrogens with zero attached hydrogens (tertiary/aromatic N) is 1. The third kappa shape index (κ3) is 8.54. The lowest BCUT2D eigenvalue weighted by molar-refractivity contribution is -0.119. The third-order valence-corrected chi connectivity index (χ3v) is 3.84. The second-order valence-corrected chi connectivity index (χ2v) is 5.97. The largest absolute Gasteiger partial charge is 0.385 e. The number of nitrogens with one attached hydrogen (secondary N) is 3. The lowest BCUT2D eigenvalue weighted by atomic mass is 10.1. The molecule has 6 nitrogen and oxygen atoms in total. The van der Waals surface area contributed by atoms with Crippen LogP contribution in [0.4, 0.5) is 5.69 Å². The van der Waals surface area contributed by atoms with E-state index in [0.29, 0.717) is 6.54 Å². The van der Waals surface area contributed by atoms with Crippen molar-refractivity contribution in [1.82, 2.24) is 10.6 Å². The molecule has 0 saturated heterocycles. The van der Waals surface area contributed by atoms with Gasteiger partial charge in [-0.3, -0.25) is 4.79 Å². The van der Waals surface area contributed by atoms with E-state index in [1.165, 1.54) is 0 Å². The number of ether oxygens (including phenoxy) is 1. The first kappa shape index (κ1) is 21.0. The van der Waals surface area contributed by atoms with Crippen molar-refractivity contribution < 1.29 is 9.53 Å². The summed E-state index contributed by atoms with van der Waals surface area (Å²) in [7, 11) is 1.70. The molecule has 1 unspecified atom stereocenters. The summed E-state index contributed by atoms with van der Waals surface area (Å²) in [5.74, 6) is 0.849. The van der Waals surface area contributed by atoms with Crippen molar-refractivity contribution in [1.29, 1.82) is 0 Å². The Balaban J connectivity index is 2.63. The second-order valence-electron chi connectivity index (χ2n) is 5.97. The van der Waals surface area contributed by atoms with Gasteiger partial charge in [0.25, 0.3) is 0 Å². The molecule has 0 spiro atoms. The molecule has 0 aliphatic rings. The van der Waals surface area contributed by atoms with Gasteiger partial charge >= 0.3 is 0 Å². The van der Waals surface area contributed by atoms with E-state index >= 15 is 0 Å². The van der Waals surface area contributed by atoms with Gasteiger partial charge in [-0.15, -0.1) is 0 Å². The van der Waals surface area contributed by atoms with Crippen LogP contribution in [0.1, 0.15) is 39.2 Å². The molecule has 0 aliphatic heterocycles. The van der Waals surface area contributed by atoms with Gasteiger partial charge in [0.15, 0.2) is 5.96 Å². The van der Waals surface area contributed by atoms with Crippen molar-refractivity contribution in [3.8, 4) is 0 Å². The van der Waals surface area contributed by atoms with Crippen molar-refractivity contribution in [2.45, 2.75) is 40.2 Å². The lowest BCUT2D eigenvalue weighted by Gasteiger charge is -2.12. The van der Waals surface area contributed by atoms with Crippen LogP contribution in [0.25, 0.3) is 0 Å². The number of hydrogen-bond acceptors (Lipinski definition) is 3. The van der Waals surface area contributed by atoms with Crippen LogP contribution in [0.5, 0.6) is 0 Å². The first-order valence-corrected chi connectivity index (χ1v) is 9.01. The van der Waals surface area contributed by atoms with Gasteiger partial charge in [0.05, 0.1) is 6.54 Å². The lowest BCUT2D eigenvalue weighted by Crippen LogP contribution is -2.38. The van der Waals surface area contributed by atoms with Crippen LogP contribution in [-0.2, 0) is 16.1 Å². The van der Waals surface area contributed by atoms with Crippen LogP contribution in [0, 0.1) is 5.92 Å². The zero-order valence-corrected chi connectivity index (χ0v) is 15.9. The molecule has 3 N–H and O–H groups in total. The summed E-state index contributed by atoms with van der Waals surface area (Å²) >= 11 is 0. The smallest absolute Gasteiger partial charge is 0.227 e. The minimum absolute atomic E-state index is 0.0123. The average molecular weight is 348 g/mol. The van der Waals surface area contributed by atoms with E-state index in [0.717, 1.165) is 49.7 Å². The summed E-state index contributed by atoms with van der Waals surface area (Å²) < 4.78 is 5.05. The Morgan fingerprint density at radius 2 is 2.08 bits per heavy atom. The number of guanidine groups is 1. The molecule has 0 saturated carbocycles. The Bertz CT molecular complexity index is 546. The Morgan fingerprint density at radius 1 is 1.28 bits per heavy atom. The fraction of sp³-hybridized carbons (Fsp3) is 0.579. The van der Waals surface area contributed by atoms with Gasteiger partial charge in [-0.05, 0) is 37.5 Å². The van der Waals surface area contributed by atoms with Gasteiger partial charge in [-0.2, -0.15) is 0 Å². The van der Waals surface area contributed by atoms with Crippen molar-refractivity contribution in [3.05, 3.63) is 29.8 Å². The van der Waals surface area contributed by atoms with Crippen LogP contribution in [0.15, 0.2) is 29.3 Å². The first-order chi connectivity index (χ1) is 12.1. The van der Waals surface area contributed by atoms with Crippen LogP contribution in [0.3, 0.4) is 0 Å². The number of carbonyl (C=O) groups is 1. The summed E-state index contributed by atoms with van der Waals surface area (Å²) in [5.41, 5.74) is 1.87. The summed E-state index contributed by atoms with van der Waals surface area (Å²) in [6, 6.07) is 7.83. The topological polar surface area (TPSA) is 74.8 Å². The molecule has 0 aromatic heterocycles. The highest BCUT2D eigenvalue weighted by molar-refractivity contribution is 5.92. The third-order valence-electron chi connectivity index (χ3n) is 3.84. The number of anilines is 1. The van der Waals surface area contributed by atoms with Crippen LogP contribution in [-0.4, -0.2) is 38.7 Å². The minimum Gasteiger partial charge on any atom is -0.385 e. The maximum atomic E-state index is 12.0. The van der Waals surface area contributed by atoms with Crippen molar-refractivity contribution >= 4 is 17.6 Å². The number of carbonyl (C=O) groups excluding carboxylic acids is 1. The molecule has 0 heterocycles. The maximum absolute atomic E-state index is 12.0. The number of benzene rings is 1. The molecule has 1 aromatic carbocycles. The molecule has 0 radical (unpaired) electrons. The van der Waals surface area contributed by atoms with Crippen LogP contribution in [0.2, 0.25) is 0 Å². The van der Waals surface area contributed by atoms with E-state index in [9.17, 15) is 4.79 Å². The van der Waals surface area contributed by atoms with E-state index in [-0.39, 0.29) is 11.8 Å². The Hall–Kier alpha value is -2.08. The van der Waals surface area contributed by atoms with Crippen LogP contribution < -0.4 is 16.0 Å². The molecule has 0 bridgehead atoms. The van der Waals surface area contributed by atoms with Crippen molar-refractivity contribution in [2.24, 2.45) is 10.9 Å². The monoisotopic (exact) mass is 348 g/mol. The zero-order valence-electron chi connectivity index (χ0n) is 15.9. The fourth-order valence-corrected chi connectivity index (χ4v) is 2.13. The number of aliphatic imine (C=N–C) groups is 1. The molecule has 1 atom stereocenters. The minimum atomic E-state index is 0.0123. The number of methoxy groups -OCH3 is 1. The predicted molar refractivity (Wildman–Crippen MR) is 104 cm³/mol. The fourth-order valence-electron chi connectivity index (χ4n) is 2.13. The van der Waals surface area contributed by atoms with Crippen LogP contribution >= 0.6 is 0 Å². The van der Waals surface area contributed by atoms with Crippen molar-refractivity contribution in [2.75, 3.05) is 32.1 Å². The molecule has 25 heavy (non-hydrogen) atoms. The summed E-state index contributed by atoms with van der Waals surface area (Å²) in [6.45, 7) is 8.87. The van der Waals surface area contributed by atoms with E-state index in [2.05, 4.69) is 20.9 Å². The SMILES string of the molecule is CCNC(=NCc1cccc(NC(=O)C(C)CC)c1)NCCCOC. The van der Waals surface area contributed by atoms with Gasteiger partial charge in [0.2, 0.25) is 5.91 Å². The highest BCUT2D eigenvalue weighted by Gasteiger charge is 2.10. The summed E-state index contributed by atoms with van der Waals surface area (Å²) in [4.78, 5) is 16.6. The van der Waals surface area contributed by atoms with Crippen molar-refractivity contribution in [3.63, 3.8) is 0 Å². The Kier molecular flexibility index (Phi) is 10.3. The molecule has 140 valence electrons. The normalized spacial score (nSPS) is 12.6. The van der Waals surface area contributed by atoms with Gasteiger partial charge in [0, 0.05) is 38.4 Å². The molecule has 0 aliphatic carbocycles.